The highest BCUT2D eigenvalue weighted by atomic mass is 32.2. The van der Waals surface area contributed by atoms with E-state index in [9.17, 15) is 9.59 Å². The number of anilines is 1. The highest BCUT2D eigenvalue weighted by Gasteiger charge is 2.31. The van der Waals surface area contributed by atoms with Gasteiger partial charge in [0.1, 0.15) is 11.4 Å². The van der Waals surface area contributed by atoms with Crippen LogP contribution in [-0.2, 0) is 4.74 Å². The Morgan fingerprint density at radius 1 is 1.17 bits per heavy atom. The number of rotatable bonds is 3. The van der Waals surface area contributed by atoms with Crippen LogP contribution in [-0.4, -0.2) is 53.5 Å². The van der Waals surface area contributed by atoms with Crippen LogP contribution in [0.2, 0.25) is 0 Å². The number of nitrogens with zero attached hydrogens (tertiary/aromatic N) is 4. The fourth-order valence-corrected chi connectivity index (χ4v) is 5.65. The van der Waals surface area contributed by atoms with Crippen LogP contribution in [0.25, 0.3) is 10.9 Å². The van der Waals surface area contributed by atoms with E-state index in [1.165, 1.54) is 24.0 Å². The van der Waals surface area contributed by atoms with Crippen LogP contribution in [0.4, 0.5) is 10.1 Å². The number of amidine groups is 1. The molecule has 0 N–H and O–H groups in total. The van der Waals surface area contributed by atoms with Gasteiger partial charge in [0.05, 0.1) is 28.1 Å². The molecule has 30 heavy (non-hydrogen) atoms. The number of halogens is 1. The smallest absolute Gasteiger partial charge is 0.343 e. The first-order chi connectivity index (χ1) is 14.6. The third-order valence-corrected chi connectivity index (χ3v) is 6.95. The van der Waals surface area contributed by atoms with Gasteiger partial charge in [0.15, 0.2) is 5.17 Å². The molecule has 3 aliphatic heterocycles. The average Bonchev–Trinajstić information content (AvgIpc) is 3.44. The minimum atomic E-state index is -0.713. The van der Waals surface area contributed by atoms with Gasteiger partial charge in [0.25, 0.3) is 0 Å². The molecule has 4 heterocycles. The van der Waals surface area contributed by atoms with Crippen molar-refractivity contribution in [2.45, 2.75) is 37.5 Å². The van der Waals surface area contributed by atoms with Crippen LogP contribution < -0.4 is 10.3 Å². The molecule has 158 valence electrons. The summed E-state index contributed by atoms with van der Waals surface area (Å²) < 4.78 is 22.0. The molecule has 0 aliphatic carbocycles. The normalized spacial score (nSPS) is 18.3. The van der Waals surface area contributed by atoms with Gasteiger partial charge in [0, 0.05) is 32.4 Å². The lowest BCUT2D eigenvalue weighted by Crippen LogP contribution is -2.30. The van der Waals surface area contributed by atoms with Crippen molar-refractivity contribution in [1.29, 1.82) is 0 Å². The van der Waals surface area contributed by atoms with Crippen LogP contribution >= 0.6 is 11.8 Å². The minimum Gasteiger partial charge on any atom is -0.462 e. The number of ether oxygens (including phenoxy) is 1. The number of carbonyl (C=O) groups is 1. The summed E-state index contributed by atoms with van der Waals surface area (Å²) in [5.41, 5.74) is 0.450. The maximum atomic E-state index is 15.4. The lowest BCUT2D eigenvalue weighted by atomic mass is 10.1. The van der Waals surface area contributed by atoms with Crippen molar-refractivity contribution in [1.82, 2.24) is 9.58 Å². The number of aromatic nitrogens is 1. The second-order valence-electron chi connectivity index (χ2n) is 7.74. The molecular weight excluding hydrogens is 407 g/mol. The molecule has 0 bridgehead atoms. The Bertz CT molecular complexity index is 1120. The number of pyridine rings is 1. The predicted molar refractivity (Wildman–Crippen MR) is 115 cm³/mol. The Morgan fingerprint density at radius 2 is 1.83 bits per heavy atom. The van der Waals surface area contributed by atoms with Crippen molar-refractivity contribution in [3.05, 3.63) is 33.9 Å². The molecule has 5 rings (SSSR count). The summed E-state index contributed by atoms with van der Waals surface area (Å²) in [5, 5.41) is 5.65. The predicted octanol–water partition coefficient (Wildman–Crippen LogP) is 3.24. The third kappa shape index (κ3) is 3.07. The Kier molecular flexibility index (Phi) is 4.92. The van der Waals surface area contributed by atoms with Crippen LogP contribution in [0.15, 0.2) is 27.1 Å². The van der Waals surface area contributed by atoms with Gasteiger partial charge in [-0.15, -0.1) is 5.10 Å². The summed E-state index contributed by atoms with van der Waals surface area (Å²) in [6.07, 6.45) is 5.64. The summed E-state index contributed by atoms with van der Waals surface area (Å²) in [5.74, 6) is -1.14. The van der Waals surface area contributed by atoms with Crippen LogP contribution in [0, 0.1) is 5.82 Å². The number of likely N-dealkylation sites (tertiary alicyclic amines) is 1. The molecule has 2 fully saturated rings. The van der Waals surface area contributed by atoms with Crippen molar-refractivity contribution in [2.75, 3.05) is 37.7 Å². The zero-order valence-corrected chi connectivity index (χ0v) is 17.6. The molecule has 0 unspecified atom stereocenters. The first-order valence-electron chi connectivity index (χ1n) is 10.4. The molecule has 0 saturated carbocycles. The molecular formula is C21H23FN4O3S. The highest BCUT2D eigenvalue weighted by Crippen LogP contribution is 2.43. The number of hydrogen-bond acceptors (Lipinski definition) is 7. The summed E-state index contributed by atoms with van der Waals surface area (Å²) in [6, 6.07) is 1.25. The van der Waals surface area contributed by atoms with Crippen LogP contribution in [0.3, 0.4) is 0 Å². The molecule has 2 saturated heterocycles. The molecule has 7 nitrogen and oxygen atoms in total. The fourth-order valence-electron chi connectivity index (χ4n) is 4.40. The Labute approximate surface area is 177 Å². The van der Waals surface area contributed by atoms with E-state index in [0.29, 0.717) is 16.1 Å². The monoisotopic (exact) mass is 430 g/mol. The fraction of sp³-hybridized carbons (Fsp3) is 0.476. The molecule has 0 spiro atoms. The highest BCUT2D eigenvalue weighted by molar-refractivity contribution is 8.14. The first kappa shape index (κ1) is 19.4. The summed E-state index contributed by atoms with van der Waals surface area (Å²) in [4.78, 5) is 30.4. The van der Waals surface area contributed by atoms with Crippen molar-refractivity contribution >= 4 is 39.5 Å². The SMILES string of the molecule is CCOC(=O)c1cn2c3c(c(N4CCCC4)c(F)cc3c1=O)SC(N1CCCC1)=N2. The number of carbonyl (C=O) groups excluding carboxylic acids is 1. The summed E-state index contributed by atoms with van der Waals surface area (Å²) >= 11 is 1.43. The van der Waals surface area contributed by atoms with Gasteiger partial charge >= 0.3 is 5.97 Å². The van der Waals surface area contributed by atoms with E-state index in [-0.39, 0.29) is 17.6 Å². The van der Waals surface area contributed by atoms with Gasteiger partial charge in [0.2, 0.25) is 5.43 Å². The second kappa shape index (κ2) is 7.61. The number of hydrogen-bond donors (Lipinski definition) is 0. The van der Waals surface area contributed by atoms with Gasteiger partial charge in [-0.1, -0.05) is 0 Å². The Balaban J connectivity index is 1.77. The molecule has 1 aromatic heterocycles. The lowest BCUT2D eigenvalue weighted by Gasteiger charge is -2.29. The standard InChI is InChI=1S/C21H23FN4O3S/c1-2-29-20(28)14-12-26-16-13(18(14)27)11-15(22)17(24-7-3-4-8-24)19(16)30-21(23-26)25-9-5-6-10-25/h11-12H,2-10H2,1H3. The lowest BCUT2D eigenvalue weighted by molar-refractivity contribution is 0.0524. The van der Waals surface area contributed by atoms with E-state index in [1.54, 1.807) is 11.6 Å². The Hall–Kier alpha value is -2.55. The zero-order valence-electron chi connectivity index (χ0n) is 16.8. The molecule has 3 aliphatic rings. The molecule has 9 heteroatoms. The average molecular weight is 431 g/mol. The summed E-state index contributed by atoms with van der Waals surface area (Å²) in [7, 11) is 0. The number of esters is 1. The van der Waals surface area contributed by atoms with Gasteiger partial charge in [-0.25, -0.2) is 13.9 Å². The van der Waals surface area contributed by atoms with Crippen molar-refractivity contribution in [3.63, 3.8) is 0 Å². The topological polar surface area (TPSA) is 67.1 Å². The van der Waals surface area contributed by atoms with Gasteiger partial charge < -0.3 is 14.5 Å². The van der Waals surface area contributed by atoms with E-state index < -0.39 is 17.2 Å². The molecule has 2 aromatic rings. The van der Waals surface area contributed by atoms with Crippen molar-refractivity contribution in [3.8, 4) is 0 Å². The first-order valence-corrected chi connectivity index (χ1v) is 11.3. The van der Waals surface area contributed by atoms with Gasteiger partial charge in [-0.3, -0.25) is 4.79 Å². The van der Waals surface area contributed by atoms with E-state index in [4.69, 9.17) is 9.84 Å². The quantitative estimate of drug-likeness (QED) is 0.697. The van der Waals surface area contributed by atoms with E-state index in [0.717, 1.165) is 57.0 Å². The summed E-state index contributed by atoms with van der Waals surface area (Å²) in [6.45, 7) is 5.20. The van der Waals surface area contributed by atoms with Crippen molar-refractivity contribution < 1.29 is 13.9 Å². The molecule has 0 radical (unpaired) electrons. The molecule has 0 atom stereocenters. The zero-order chi connectivity index (χ0) is 20.8. The van der Waals surface area contributed by atoms with Gasteiger partial charge in [-0.05, 0) is 50.4 Å². The van der Waals surface area contributed by atoms with Crippen molar-refractivity contribution in [2.24, 2.45) is 5.10 Å². The van der Waals surface area contributed by atoms with E-state index in [2.05, 4.69) is 9.80 Å². The van der Waals surface area contributed by atoms with Crippen LogP contribution in [0.1, 0.15) is 43.0 Å². The number of thioether (sulfide) groups is 1. The maximum Gasteiger partial charge on any atom is 0.343 e. The minimum absolute atomic E-state index is 0.125. The maximum absolute atomic E-state index is 15.4. The van der Waals surface area contributed by atoms with E-state index >= 15 is 4.39 Å². The second-order valence-corrected chi connectivity index (χ2v) is 8.72. The van der Waals surface area contributed by atoms with Crippen LogP contribution in [0.5, 0.6) is 0 Å². The molecule has 0 amide bonds. The van der Waals surface area contributed by atoms with Gasteiger partial charge in [-0.2, -0.15) is 0 Å². The Morgan fingerprint density at radius 3 is 2.50 bits per heavy atom. The number of benzene rings is 1. The largest absolute Gasteiger partial charge is 0.462 e. The van der Waals surface area contributed by atoms with E-state index in [1.807, 2.05) is 0 Å². The third-order valence-electron chi connectivity index (χ3n) is 5.83. The molecule has 1 aromatic carbocycles.